The van der Waals surface area contributed by atoms with Crippen LogP contribution in [-0.4, -0.2) is 37.2 Å². The Labute approximate surface area is 118 Å². The van der Waals surface area contributed by atoms with E-state index in [4.69, 9.17) is 10.5 Å². The minimum absolute atomic E-state index is 0.111. The van der Waals surface area contributed by atoms with Crippen LogP contribution >= 0.6 is 0 Å². The van der Waals surface area contributed by atoms with Crippen LogP contribution in [0.25, 0.3) is 0 Å². The number of methoxy groups -OCH3 is 1. The SMILES string of the molecule is COC1(C)CCCN(C(CN)c2ccc(F)c(F)c2)C1. The summed E-state index contributed by atoms with van der Waals surface area (Å²) in [4.78, 5) is 2.19. The van der Waals surface area contributed by atoms with Crippen LogP contribution in [0.3, 0.4) is 0 Å². The van der Waals surface area contributed by atoms with Gasteiger partial charge in [0.2, 0.25) is 0 Å². The minimum atomic E-state index is -0.829. The van der Waals surface area contributed by atoms with E-state index in [1.807, 2.05) is 0 Å². The number of hydrogen-bond donors (Lipinski definition) is 1. The Morgan fingerprint density at radius 2 is 2.15 bits per heavy atom. The molecule has 1 aromatic rings. The van der Waals surface area contributed by atoms with Gasteiger partial charge in [0.25, 0.3) is 0 Å². The Hall–Kier alpha value is -1.04. The van der Waals surface area contributed by atoms with Gasteiger partial charge in [-0.2, -0.15) is 0 Å². The zero-order valence-corrected chi connectivity index (χ0v) is 12.0. The lowest BCUT2D eigenvalue weighted by Gasteiger charge is -2.43. The summed E-state index contributed by atoms with van der Waals surface area (Å²) in [5.74, 6) is -1.66. The van der Waals surface area contributed by atoms with E-state index in [2.05, 4.69) is 11.8 Å². The minimum Gasteiger partial charge on any atom is -0.377 e. The average Bonchev–Trinajstić information content (AvgIpc) is 2.44. The van der Waals surface area contributed by atoms with Gasteiger partial charge >= 0.3 is 0 Å². The molecule has 1 heterocycles. The number of nitrogens with zero attached hydrogens (tertiary/aromatic N) is 1. The molecular formula is C15H22F2N2O. The first kappa shape index (κ1) is 15.4. The third kappa shape index (κ3) is 3.16. The standard InChI is InChI=1S/C15H22F2N2O/c1-15(20-2)6-3-7-19(10-15)14(9-18)11-4-5-12(16)13(17)8-11/h4-5,8,14H,3,6-7,9-10,18H2,1-2H3. The zero-order valence-electron chi connectivity index (χ0n) is 12.0. The van der Waals surface area contributed by atoms with E-state index in [1.54, 1.807) is 13.2 Å². The van der Waals surface area contributed by atoms with Crippen LogP contribution in [0.2, 0.25) is 0 Å². The predicted molar refractivity (Wildman–Crippen MR) is 74.4 cm³/mol. The molecular weight excluding hydrogens is 262 g/mol. The summed E-state index contributed by atoms with van der Waals surface area (Å²) in [6.45, 7) is 4.06. The third-order valence-electron chi connectivity index (χ3n) is 4.17. The second-order valence-electron chi connectivity index (χ2n) is 5.65. The lowest BCUT2D eigenvalue weighted by atomic mass is 9.92. The Morgan fingerprint density at radius 1 is 1.40 bits per heavy atom. The normalized spacial score (nSPS) is 25.6. The van der Waals surface area contributed by atoms with Crippen molar-refractivity contribution in [2.24, 2.45) is 5.73 Å². The molecule has 0 aromatic heterocycles. The molecule has 2 N–H and O–H groups in total. The van der Waals surface area contributed by atoms with Gasteiger partial charge in [-0.15, -0.1) is 0 Å². The van der Waals surface area contributed by atoms with Crippen molar-refractivity contribution in [3.05, 3.63) is 35.4 Å². The molecule has 0 spiro atoms. The molecule has 2 unspecified atom stereocenters. The molecule has 1 saturated heterocycles. The molecule has 1 aliphatic heterocycles. The van der Waals surface area contributed by atoms with E-state index in [1.165, 1.54) is 6.07 Å². The summed E-state index contributed by atoms with van der Waals surface area (Å²) in [5.41, 5.74) is 6.37. The average molecular weight is 284 g/mol. The van der Waals surface area contributed by atoms with E-state index in [9.17, 15) is 8.78 Å². The molecule has 0 bridgehead atoms. The number of benzene rings is 1. The highest BCUT2D eigenvalue weighted by molar-refractivity contribution is 5.22. The Morgan fingerprint density at radius 3 is 2.75 bits per heavy atom. The smallest absolute Gasteiger partial charge is 0.159 e. The van der Waals surface area contributed by atoms with E-state index in [-0.39, 0.29) is 11.6 Å². The molecule has 2 rings (SSSR count). The summed E-state index contributed by atoms with van der Waals surface area (Å²) >= 11 is 0. The lowest BCUT2D eigenvalue weighted by Crippen LogP contribution is -2.49. The number of likely N-dealkylation sites (tertiary alicyclic amines) is 1. The van der Waals surface area contributed by atoms with Gasteiger partial charge in [0.05, 0.1) is 5.60 Å². The van der Waals surface area contributed by atoms with Crippen LogP contribution in [0.4, 0.5) is 8.78 Å². The van der Waals surface area contributed by atoms with Gasteiger partial charge in [-0.1, -0.05) is 6.07 Å². The van der Waals surface area contributed by atoms with E-state index < -0.39 is 11.6 Å². The fourth-order valence-electron chi connectivity index (χ4n) is 2.89. The number of halogens is 2. The van der Waals surface area contributed by atoms with E-state index in [0.717, 1.165) is 32.0 Å². The molecule has 3 nitrogen and oxygen atoms in total. The fourth-order valence-corrected chi connectivity index (χ4v) is 2.89. The summed E-state index contributed by atoms with van der Waals surface area (Å²) in [7, 11) is 1.71. The molecule has 0 amide bonds. The Balaban J connectivity index is 2.21. The predicted octanol–water partition coefficient (Wildman–Crippen LogP) is 2.47. The fraction of sp³-hybridized carbons (Fsp3) is 0.600. The van der Waals surface area contributed by atoms with Crippen molar-refractivity contribution in [1.82, 2.24) is 4.90 Å². The van der Waals surface area contributed by atoms with Crippen LogP contribution in [0.5, 0.6) is 0 Å². The van der Waals surface area contributed by atoms with Crippen molar-refractivity contribution in [2.45, 2.75) is 31.4 Å². The molecule has 1 aromatic carbocycles. The van der Waals surface area contributed by atoms with E-state index >= 15 is 0 Å². The molecule has 1 fully saturated rings. The molecule has 0 aliphatic carbocycles. The molecule has 20 heavy (non-hydrogen) atoms. The molecule has 0 saturated carbocycles. The monoisotopic (exact) mass is 284 g/mol. The molecule has 2 atom stereocenters. The third-order valence-corrected chi connectivity index (χ3v) is 4.17. The number of ether oxygens (including phenoxy) is 1. The molecule has 112 valence electrons. The van der Waals surface area contributed by atoms with Crippen LogP contribution < -0.4 is 5.73 Å². The second kappa shape index (κ2) is 6.16. The summed E-state index contributed by atoms with van der Waals surface area (Å²) in [5, 5.41) is 0. The summed E-state index contributed by atoms with van der Waals surface area (Å²) < 4.78 is 32.0. The number of hydrogen-bond acceptors (Lipinski definition) is 3. The van der Waals surface area contributed by atoms with Crippen molar-refractivity contribution in [3.63, 3.8) is 0 Å². The first-order valence-corrected chi connectivity index (χ1v) is 6.93. The summed E-state index contributed by atoms with van der Waals surface area (Å²) in [6.07, 6.45) is 2.00. The van der Waals surface area contributed by atoms with Gasteiger partial charge < -0.3 is 10.5 Å². The van der Waals surface area contributed by atoms with Gasteiger partial charge in [-0.05, 0) is 44.0 Å². The van der Waals surface area contributed by atoms with Crippen molar-refractivity contribution in [1.29, 1.82) is 0 Å². The van der Waals surface area contributed by atoms with Crippen LogP contribution in [-0.2, 0) is 4.74 Å². The lowest BCUT2D eigenvalue weighted by molar-refractivity contribution is -0.0608. The number of nitrogens with two attached hydrogens (primary N) is 1. The first-order valence-electron chi connectivity index (χ1n) is 6.93. The Kier molecular flexibility index (Phi) is 4.73. The van der Waals surface area contributed by atoms with Crippen molar-refractivity contribution in [2.75, 3.05) is 26.7 Å². The largest absolute Gasteiger partial charge is 0.377 e. The Bertz CT molecular complexity index is 469. The number of piperidine rings is 1. The van der Waals surface area contributed by atoms with Crippen molar-refractivity contribution in [3.8, 4) is 0 Å². The van der Waals surface area contributed by atoms with Gasteiger partial charge in [0.1, 0.15) is 0 Å². The van der Waals surface area contributed by atoms with Gasteiger partial charge in [0, 0.05) is 26.2 Å². The van der Waals surface area contributed by atoms with Crippen molar-refractivity contribution < 1.29 is 13.5 Å². The molecule has 1 aliphatic rings. The second-order valence-corrected chi connectivity index (χ2v) is 5.65. The van der Waals surface area contributed by atoms with Crippen LogP contribution in [0, 0.1) is 11.6 Å². The van der Waals surface area contributed by atoms with Gasteiger partial charge in [0.15, 0.2) is 11.6 Å². The highest BCUT2D eigenvalue weighted by atomic mass is 19.2. The highest BCUT2D eigenvalue weighted by Crippen LogP contribution is 2.30. The topological polar surface area (TPSA) is 38.5 Å². The van der Waals surface area contributed by atoms with Crippen molar-refractivity contribution >= 4 is 0 Å². The van der Waals surface area contributed by atoms with E-state index in [0.29, 0.717) is 12.1 Å². The summed E-state index contributed by atoms with van der Waals surface area (Å²) in [6, 6.07) is 3.90. The van der Waals surface area contributed by atoms with Gasteiger partial charge in [-0.25, -0.2) is 8.78 Å². The maximum Gasteiger partial charge on any atom is 0.159 e. The van der Waals surface area contributed by atoms with Crippen LogP contribution in [0.15, 0.2) is 18.2 Å². The first-order chi connectivity index (χ1) is 9.49. The zero-order chi connectivity index (χ0) is 14.8. The van der Waals surface area contributed by atoms with Gasteiger partial charge in [-0.3, -0.25) is 4.90 Å². The molecule has 5 heteroatoms. The number of rotatable bonds is 4. The maximum absolute atomic E-state index is 13.4. The highest BCUT2D eigenvalue weighted by Gasteiger charge is 2.34. The molecule has 0 radical (unpaired) electrons. The maximum atomic E-state index is 13.4. The van der Waals surface area contributed by atoms with Crippen LogP contribution in [0.1, 0.15) is 31.4 Å². The quantitative estimate of drug-likeness (QED) is 0.923.